The van der Waals surface area contributed by atoms with Gasteiger partial charge in [-0.2, -0.15) is 9.97 Å². The summed E-state index contributed by atoms with van der Waals surface area (Å²) in [5, 5.41) is 5.21. The fourth-order valence-electron chi connectivity index (χ4n) is 8.80. The number of terminal acetylenes is 1. The number of hydrogen-bond donors (Lipinski definition) is 1. The van der Waals surface area contributed by atoms with Gasteiger partial charge in [0.25, 0.3) is 0 Å². The van der Waals surface area contributed by atoms with Gasteiger partial charge in [0.1, 0.15) is 40.9 Å². The van der Waals surface area contributed by atoms with E-state index in [2.05, 4.69) is 34.2 Å². The van der Waals surface area contributed by atoms with Crippen molar-refractivity contribution >= 4 is 27.5 Å². The molecule has 2 aromatic heterocycles. The average molecular weight is 633 g/mol. The molecule has 5 unspecified atom stereocenters. The standard InChI is InChI=1S/C37H34F2N6O2/c1-5-24-26(38)11-9-22-7-6-8-25(28(22)24)31-30(39)32-29-34(45-17-23-10-12-27(40-23)33(45)21(4)47-35(29)41-31)43-36(42-32)46-18-37-15-19(2)16-44(37)14-13-20(37)3/h1,6-9,11,21,23,27,33,40H,2-3,10,12-18H2,4H3. The number of nitrogens with zero attached hydrogens (tertiary/aromatic N) is 5. The monoisotopic (exact) mass is 632 g/mol. The largest absolute Gasteiger partial charge is 0.472 e. The maximum absolute atomic E-state index is 17.1. The van der Waals surface area contributed by atoms with Gasteiger partial charge in [-0.05, 0) is 44.1 Å². The van der Waals surface area contributed by atoms with E-state index >= 15 is 4.39 Å². The maximum Gasteiger partial charge on any atom is 0.319 e. The van der Waals surface area contributed by atoms with Crippen molar-refractivity contribution in [2.24, 2.45) is 0 Å². The zero-order valence-electron chi connectivity index (χ0n) is 26.2. The zero-order valence-corrected chi connectivity index (χ0v) is 26.2. The Hall–Kier alpha value is -4.59. The number of aromatic nitrogens is 3. The SMILES string of the molecule is C#Cc1c(F)ccc2cccc(-c3nc4c5c(nc(OCC67CC(=C)CN6CCC7=C)nc5c3F)N3CC5CCC(N5)C3C(C)O4)c12. The molecule has 7 heterocycles. The molecular formula is C37H34F2N6O2. The molecular weight excluding hydrogens is 598 g/mol. The third-order valence-electron chi connectivity index (χ3n) is 11.0. The third-order valence-corrected chi connectivity index (χ3v) is 11.0. The van der Waals surface area contributed by atoms with E-state index in [0.29, 0.717) is 34.1 Å². The molecule has 47 heavy (non-hydrogen) atoms. The number of nitrogens with one attached hydrogen (secondary N) is 1. The molecule has 8 nitrogen and oxygen atoms in total. The molecule has 0 saturated carbocycles. The topological polar surface area (TPSA) is 75.6 Å². The highest BCUT2D eigenvalue weighted by molar-refractivity contribution is 6.03. The van der Waals surface area contributed by atoms with Crippen LogP contribution in [0.2, 0.25) is 0 Å². The minimum Gasteiger partial charge on any atom is -0.472 e. The smallest absolute Gasteiger partial charge is 0.319 e. The normalized spacial score (nSPS) is 27.9. The minimum absolute atomic E-state index is 0.0245. The van der Waals surface area contributed by atoms with Crippen LogP contribution in [0.5, 0.6) is 11.9 Å². The lowest BCUT2D eigenvalue weighted by molar-refractivity contribution is 0.130. The average Bonchev–Trinajstić information content (AvgIpc) is 3.68. The second kappa shape index (κ2) is 10.2. The van der Waals surface area contributed by atoms with Crippen LogP contribution in [0.25, 0.3) is 32.9 Å². The molecule has 2 bridgehead atoms. The Balaban J connectivity index is 1.26. The molecule has 5 aliphatic rings. The molecule has 4 saturated heterocycles. The quantitative estimate of drug-likeness (QED) is 0.233. The van der Waals surface area contributed by atoms with Crippen LogP contribution in [0.15, 0.2) is 54.6 Å². The van der Waals surface area contributed by atoms with Crippen LogP contribution in [0.1, 0.15) is 38.2 Å². The van der Waals surface area contributed by atoms with E-state index in [1.165, 1.54) is 6.07 Å². The summed E-state index contributed by atoms with van der Waals surface area (Å²) in [5.41, 5.74) is 2.26. The van der Waals surface area contributed by atoms with Crippen molar-refractivity contribution < 1.29 is 18.3 Å². The number of benzene rings is 2. The lowest BCUT2D eigenvalue weighted by atomic mass is 9.89. The molecule has 0 radical (unpaired) electrons. The second-order valence-corrected chi connectivity index (χ2v) is 13.6. The molecule has 0 aliphatic carbocycles. The van der Waals surface area contributed by atoms with Crippen LogP contribution in [0, 0.1) is 24.0 Å². The van der Waals surface area contributed by atoms with Crippen molar-refractivity contribution in [2.45, 2.75) is 62.4 Å². The number of rotatable bonds is 4. The van der Waals surface area contributed by atoms with E-state index in [4.69, 9.17) is 30.8 Å². The number of ether oxygens (including phenoxy) is 2. The summed E-state index contributed by atoms with van der Waals surface area (Å²) < 4.78 is 45.2. The first-order valence-electron chi connectivity index (χ1n) is 16.3. The van der Waals surface area contributed by atoms with E-state index in [1.54, 1.807) is 18.2 Å². The van der Waals surface area contributed by atoms with Crippen molar-refractivity contribution in [3.8, 4) is 35.5 Å². The highest BCUT2D eigenvalue weighted by atomic mass is 19.1. The summed E-state index contributed by atoms with van der Waals surface area (Å²) in [7, 11) is 0. The van der Waals surface area contributed by atoms with Gasteiger partial charge < -0.3 is 19.7 Å². The Kier molecular flexibility index (Phi) is 6.21. The van der Waals surface area contributed by atoms with Crippen molar-refractivity contribution in [3.05, 3.63) is 71.8 Å². The van der Waals surface area contributed by atoms with Crippen LogP contribution < -0.4 is 19.7 Å². The Bertz CT molecular complexity index is 2090. The first-order chi connectivity index (χ1) is 22.8. The van der Waals surface area contributed by atoms with E-state index in [0.717, 1.165) is 49.9 Å². The lowest BCUT2D eigenvalue weighted by Gasteiger charge is -2.42. The van der Waals surface area contributed by atoms with Gasteiger partial charge in [-0.15, -0.1) is 6.42 Å². The van der Waals surface area contributed by atoms with Crippen LogP contribution in [0.3, 0.4) is 0 Å². The van der Waals surface area contributed by atoms with Gasteiger partial charge in [-0.3, -0.25) is 4.90 Å². The first kappa shape index (κ1) is 28.6. The van der Waals surface area contributed by atoms with Gasteiger partial charge in [0.2, 0.25) is 5.88 Å². The van der Waals surface area contributed by atoms with E-state index in [1.807, 2.05) is 13.0 Å². The Morgan fingerprint density at radius 3 is 2.87 bits per heavy atom. The molecule has 9 rings (SSSR count). The van der Waals surface area contributed by atoms with Gasteiger partial charge in [0.05, 0.1) is 17.1 Å². The van der Waals surface area contributed by atoms with E-state index < -0.39 is 11.6 Å². The van der Waals surface area contributed by atoms with Crippen molar-refractivity contribution in [3.63, 3.8) is 0 Å². The molecule has 4 fully saturated rings. The highest BCUT2D eigenvalue weighted by Crippen LogP contribution is 2.47. The summed E-state index contributed by atoms with van der Waals surface area (Å²) in [6, 6.07) is 8.71. The van der Waals surface area contributed by atoms with Gasteiger partial charge in [-0.25, -0.2) is 13.8 Å². The molecule has 4 aromatic rings. The fourth-order valence-corrected chi connectivity index (χ4v) is 8.80. The number of pyridine rings is 1. The summed E-state index contributed by atoms with van der Waals surface area (Å²) in [6.07, 6.45) is 9.16. The molecule has 5 atom stereocenters. The van der Waals surface area contributed by atoms with Crippen LogP contribution in [-0.4, -0.2) is 75.9 Å². The Morgan fingerprint density at radius 1 is 1.15 bits per heavy atom. The number of hydrogen-bond acceptors (Lipinski definition) is 8. The zero-order chi connectivity index (χ0) is 32.2. The van der Waals surface area contributed by atoms with Gasteiger partial charge in [0.15, 0.2) is 5.82 Å². The van der Waals surface area contributed by atoms with Crippen LogP contribution in [0.4, 0.5) is 14.6 Å². The summed E-state index contributed by atoms with van der Waals surface area (Å²) in [4.78, 5) is 19.1. The van der Waals surface area contributed by atoms with E-state index in [-0.39, 0.29) is 65.0 Å². The van der Waals surface area contributed by atoms with Crippen molar-refractivity contribution in [2.75, 3.05) is 31.1 Å². The second-order valence-electron chi connectivity index (χ2n) is 13.6. The number of anilines is 1. The van der Waals surface area contributed by atoms with Crippen molar-refractivity contribution in [1.82, 2.24) is 25.2 Å². The molecule has 238 valence electrons. The summed E-state index contributed by atoms with van der Waals surface area (Å²) in [6.45, 7) is 13.3. The first-order valence-corrected chi connectivity index (χ1v) is 16.3. The van der Waals surface area contributed by atoms with Crippen molar-refractivity contribution in [1.29, 1.82) is 0 Å². The highest BCUT2D eigenvalue weighted by Gasteiger charge is 2.50. The molecule has 1 N–H and O–H groups in total. The summed E-state index contributed by atoms with van der Waals surface area (Å²) in [5.74, 6) is 2.00. The molecule has 10 heteroatoms. The Labute approximate surface area is 271 Å². The number of halogens is 2. The predicted octanol–water partition coefficient (Wildman–Crippen LogP) is 5.53. The maximum atomic E-state index is 17.1. The van der Waals surface area contributed by atoms with Crippen LogP contribution >= 0.6 is 0 Å². The lowest BCUT2D eigenvalue weighted by Crippen LogP contribution is -2.62. The number of piperazine rings is 1. The number of fused-ring (bicyclic) bond motifs is 7. The molecule has 2 aromatic carbocycles. The van der Waals surface area contributed by atoms with Crippen LogP contribution in [-0.2, 0) is 0 Å². The van der Waals surface area contributed by atoms with E-state index in [9.17, 15) is 4.39 Å². The predicted molar refractivity (Wildman–Crippen MR) is 177 cm³/mol. The molecule has 0 amide bonds. The molecule has 5 aliphatic heterocycles. The Morgan fingerprint density at radius 2 is 2.02 bits per heavy atom. The fraction of sp³-hybridized carbons (Fsp3) is 0.378. The third kappa shape index (κ3) is 4.09. The summed E-state index contributed by atoms with van der Waals surface area (Å²) >= 11 is 0. The van der Waals surface area contributed by atoms with Gasteiger partial charge in [-0.1, -0.05) is 54.5 Å². The van der Waals surface area contributed by atoms with Gasteiger partial charge >= 0.3 is 6.01 Å². The van der Waals surface area contributed by atoms with Gasteiger partial charge in [0, 0.05) is 42.7 Å². The molecule has 0 spiro atoms. The minimum atomic E-state index is -0.677.